The third-order valence-electron chi connectivity index (χ3n) is 3.31. The second-order valence-corrected chi connectivity index (χ2v) is 6.84. The Hall–Kier alpha value is -1.15. The molecular formula is C12H14ClNO5S. The van der Waals surface area contributed by atoms with Gasteiger partial charge in [-0.3, -0.25) is 0 Å². The number of carboxylic acids is 1. The molecule has 1 aliphatic rings. The van der Waals surface area contributed by atoms with E-state index in [1.165, 1.54) is 16.4 Å². The fourth-order valence-electron chi connectivity index (χ4n) is 2.27. The first-order valence-electron chi connectivity index (χ1n) is 6.03. The molecule has 2 N–H and O–H groups in total. The Balaban J connectivity index is 2.44. The van der Waals surface area contributed by atoms with Gasteiger partial charge in [-0.2, -0.15) is 4.31 Å². The zero-order valence-corrected chi connectivity index (χ0v) is 12.1. The van der Waals surface area contributed by atoms with E-state index < -0.39 is 22.0 Å². The molecule has 2 rings (SSSR count). The van der Waals surface area contributed by atoms with Gasteiger partial charge in [-0.25, -0.2) is 13.2 Å². The van der Waals surface area contributed by atoms with E-state index in [-0.39, 0.29) is 22.1 Å². The van der Waals surface area contributed by atoms with Gasteiger partial charge in [0.25, 0.3) is 0 Å². The Morgan fingerprint density at radius 3 is 2.75 bits per heavy atom. The molecule has 1 heterocycles. The standard InChI is InChI=1S/C12H14ClNO5S/c13-11-4-3-9(6-10(11)12(16)17)20(18,19)14-5-1-2-8(14)7-15/h3-4,6,8,15H,1-2,5,7H2,(H,16,17)/t8-/m0/s1. The number of aliphatic hydroxyl groups is 1. The van der Waals surface area contributed by atoms with Crippen LogP contribution in [0.5, 0.6) is 0 Å². The fraction of sp³-hybridized carbons (Fsp3) is 0.417. The Morgan fingerprint density at radius 2 is 2.15 bits per heavy atom. The first-order chi connectivity index (χ1) is 9.37. The second-order valence-electron chi connectivity index (χ2n) is 4.54. The maximum atomic E-state index is 12.5. The number of benzene rings is 1. The molecule has 1 aromatic carbocycles. The van der Waals surface area contributed by atoms with E-state index in [1.807, 2.05) is 0 Å². The predicted octanol–water partition coefficient (Wildman–Crippen LogP) is 1.18. The molecule has 0 spiro atoms. The van der Waals surface area contributed by atoms with Crippen LogP contribution in [0.15, 0.2) is 23.1 Å². The van der Waals surface area contributed by atoms with Gasteiger partial charge >= 0.3 is 5.97 Å². The number of halogens is 1. The summed E-state index contributed by atoms with van der Waals surface area (Å²) in [5.41, 5.74) is -0.257. The largest absolute Gasteiger partial charge is 0.478 e. The lowest BCUT2D eigenvalue weighted by molar-refractivity contribution is 0.0697. The molecule has 0 unspecified atom stereocenters. The molecule has 0 aliphatic carbocycles. The monoisotopic (exact) mass is 319 g/mol. The highest BCUT2D eigenvalue weighted by molar-refractivity contribution is 7.89. The van der Waals surface area contributed by atoms with E-state index in [9.17, 15) is 18.3 Å². The van der Waals surface area contributed by atoms with Gasteiger partial charge in [-0.1, -0.05) is 11.6 Å². The van der Waals surface area contributed by atoms with Crippen LogP contribution in [0.2, 0.25) is 5.02 Å². The van der Waals surface area contributed by atoms with Crippen molar-refractivity contribution in [3.8, 4) is 0 Å². The molecule has 20 heavy (non-hydrogen) atoms. The Bertz CT molecular complexity index is 631. The molecule has 1 saturated heterocycles. The van der Waals surface area contributed by atoms with Crippen LogP contribution >= 0.6 is 11.6 Å². The maximum Gasteiger partial charge on any atom is 0.337 e. The van der Waals surface area contributed by atoms with Crippen LogP contribution in [-0.4, -0.2) is 48.1 Å². The van der Waals surface area contributed by atoms with Crippen molar-refractivity contribution in [1.29, 1.82) is 0 Å². The number of aromatic carboxylic acids is 1. The highest BCUT2D eigenvalue weighted by Crippen LogP contribution is 2.28. The van der Waals surface area contributed by atoms with Crippen LogP contribution in [0.3, 0.4) is 0 Å². The van der Waals surface area contributed by atoms with E-state index in [0.717, 1.165) is 6.07 Å². The number of hydrogen-bond donors (Lipinski definition) is 2. The SMILES string of the molecule is O=C(O)c1cc(S(=O)(=O)N2CCC[C@H]2CO)ccc1Cl. The third-order valence-corrected chi connectivity index (χ3v) is 5.59. The molecule has 1 fully saturated rings. The van der Waals surface area contributed by atoms with Gasteiger partial charge in [-0.15, -0.1) is 0 Å². The number of aliphatic hydroxyl groups excluding tert-OH is 1. The van der Waals surface area contributed by atoms with Crippen molar-refractivity contribution in [2.24, 2.45) is 0 Å². The summed E-state index contributed by atoms with van der Waals surface area (Å²) in [6, 6.07) is 3.12. The molecule has 0 saturated carbocycles. The highest BCUT2D eigenvalue weighted by atomic mass is 35.5. The molecule has 1 atom stereocenters. The first-order valence-corrected chi connectivity index (χ1v) is 7.85. The smallest absolute Gasteiger partial charge is 0.337 e. The zero-order valence-electron chi connectivity index (χ0n) is 10.5. The minimum atomic E-state index is -3.82. The lowest BCUT2D eigenvalue weighted by atomic mass is 10.2. The van der Waals surface area contributed by atoms with Gasteiger partial charge in [0, 0.05) is 12.6 Å². The van der Waals surface area contributed by atoms with Gasteiger partial charge in [-0.05, 0) is 31.0 Å². The van der Waals surface area contributed by atoms with Crippen molar-refractivity contribution < 1.29 is 23.4 Å². The quantitative estimate of drug-likeness (QED) is 0.869. The summed E-state index contributed by atoms with van der Waals surface area (Å²) in [5.74, 6) is -1.29. The van der Waals surface area contributed by atoms with Gasteiger partial charge in [0.1, 0.15) is 0 Å². The molecular weight excluding hydrogens is 306 g/mol. The molecule has 0 aromatic heterocycles. The summed E-state index contributed by atoms with van der Waals surface area (Å²) in [6.07, 6.45) is 1.26. The van der Waals surface area contributed by atoms with Crippen molar-refractivity contribution in [2.45, 2.75) is 23.8 Å². The number of rotatable bonds is 4. The summed E-state index contributed by atoms with van der Waals surface area (Å²) in [7, 11) is -3.82. The van der Waals surface area contributed by atoms with Crippen molar-refractivity contribution in [1.82, 2.24) is 4.31 Å². The van der Waals surface area contributed by atoms with E-state index in [0.29, 0.717) is 19.4 Å². The van der Waals surface area contributed by atoms with Crippen LogP contribution in [-0.2, 0) is 10.0 Å². The Morgan fingerprint density at radius 1 is 1.45 bits per heavy atom. The lowest BCUT2D eigenvalue weighted by Gasteiger charge is -2.22. The van der Waals surface area contributed by atoms with Crippen molar-refractivity contribution >= 4 is 27.6 Å². The van der Waals surface area contributed by atoms with E-state index in [4.69, 9.17) is 16.7 Å². The number of nitrogens with zero attached hydrogens (tertiary/aromatic N) is 1. The predicted molar refractivity (Wildman–Crippen MR) is 72.4 cm³/mol. The molecule has 110 valence electrons. The van der Waals surface area contributed by atoms with Crippen LogP contribution < -0.4 is 0 Å². The lowest BCUT2D eigenvalue weighted by Crippen LogP contribution is -2.37. The average Bonchev–Trinajstić information content (AvgIpc) is 2.87. The fourth-order valence-corrected chi connectivity index (χ4v) is 4.18. The van der Waals surface area contributed by atoms with E-state index >= 15 is 0 Å². The van der Waals surface area contributed by atoms with Crippen molar-refractivity contribution in [3.05, 3.63) is 28.8 Å². The van der Waals surface area contributed by atoms with Gasteiger partial charge in [0.15, 0.2) is 0 Å². The maximum absolute atomic E-state index is 12.5. The normalized spacial score (nSPS) is 20.2. The van der Waals surface area contributed by atoms with Crippen molar-refractivity contribution in [3.63, 3.8) is 0 Å². The summed E-state index contributed by atoms with van der Waals surface area (Å²) in [4.78, 5) is 10.9. The minimum Gasteiger partial charge on any atom is -0.478 e. The molecule has 6 nitrogen and oxygen atoms in total. The molecule has 8 heteroatoms. The highest BCUT2D eigenvalue weighted by Gasteiger charge is 2.35. The minimum absolute atomic E-state index is 0.0171. The van der Waals surface area contributed by atoms with Crippen LogP contribution in [0.4, 0.5) is 0 Å². The summed E-state index contributed by atoms with van der Waals surface area (Å²) >= 11 is 5.73. The number of hydrogen-bond acceptors (Lipinski definition) is 4. The molecule has 0 radical (unpaired) electrons. The second kappa shape index (κ2) is 5.69. The first kappa shape index (κ1) is 15.2. The number of carbonyl (C=O) groups is 1. The number of sulfonamides is 1. The summed E-state index contributed by atoms with van der Waals surface area (Å²) in [6.45, 7) is 0.0667. The summed E-state index contributed by atoms with van der Waals surface area (Å²) in [5, 5.41) is 18.2. The van der Waals surface area contributed by atoms with Gasteiger partial charge in [0.2, 0.25) is 10.0 Å². The molecule has 1 aliphatic heterocycles. The van der Waals surface area contributed by atoms with Crippen molar-refractivity contribution in [2.75, 3.05) is 13.2 Å². The van der Waals surface area contributed by atoms with Crippen LogP contribution in [0.25, 0.3) is 0 Å². The van der Waals surface area contributed by atoms with Gasteiger partial charge in [0.05, 0.1) is 22.1 Å². The van der Waals surface area contributed by atoms with Crippen LogP contribution in [0.1, 0.15) is 23.2 Å². The molecule has 1 aromatic rings. The number of carboxylic acid groups (broad SMARTS) is 1. The van der Waals surface area contributed by atoms with E-state index in [1.54, 1.807) is 0 Å². The topological polar surface area (TPSA) is 94.9 Å². The van der Waals surface area contributed by atoms with E-state index in [2.05, 4.69) is 0 Å². The van der Waals surface area contributed by atoms with Gasteiger partial charge < -0.3 is 10.2 Å². The van der Waals surface area contributed by atoms with Crippen LogP contribution in [0, 0.1) is 0 Å². The Kier molecular flexibility index (Phi) is 4.33. The molecule has 0 amide bonds. The average molecular weight is 320 g/mol. The third kappa shape index (κ3) is 2.67. The Labute approximate surface area is 121 Å². The summed E-state index contributed by atoms with van der Waals surface area (Å²) < 4.78 is 26.1. The zero-order chi connectivity index (χ0) is 14.9. The molecule has 0 bridgehead atoms.